The van der Waals surface area contributed by atoms with Crippen molar-refractivity contribution in [3.63, 3.8) is 0 Å². The van der Waals surface area contributed by atoms with Crippen molar-refractivity contribution >= 4 is 5.78 Å². The van der Waals surface area contributed by atoms with Crippen molar-refractivity contribution in [2.45, 2.75) is 58.3 Å². The zero-order valence-corrected chi connectivity index (χ0v) is 15.8. The summed E-state index contributed by atoms with van der Waals surface area (Å²) >= 11 is 0. The average Bonchev–Trinajstić information content (AvgIpc) is 2.56. The molecule has 3 atom stereocenters. The van der Waals surface area contributed by atoms with Crippen molar-refractivity contribution in [2.75, 3.05) is 6.61 Å². The van der Waals surface area contributed by atoms with Gasteiger partial charge in [-0.25, -0.2) is 0 Å². The van der Waals surface area contributed by atoms with E-state index in [2.05, 4.69) is 18.7 Å². The first-order chi connectivity index (χ1) is 12.7. The summed E-state index contributed by atoms with van der Waals surface area (Å²) in [5, 5.41) is 29.8. The lowest BCUT2D eigenvalue weighted by molar-refractivity contribution is -0.757. The summed E-state index contributed by atoms with van der Waals surface area (Å²) in [6, 6.07) is 3.02. The van der Waals surface area contributed by atoms with E-state index in [-0.39, 0.29) is 41.1 Å². The molecule has 3 fully saturated rings. The summed E-state index contributed by atoms with van der Waals surface area (Å²) < 4.78 is 0. The molecule has 0 amide bonds. The van der Waals surface area contributed by atoms with Gasteiger partial charge in [0, 0.05) is 24.0 Å². The number of aryl methyl sites for hydroxylation is 1. The van der Waals surface area contributed by atoms with Crippen LogP contribution in [0.4, 0.5) is 0 Å². The molecule has 148 valence electrons. The minimum absolute atomic E-state index is 0.0100. The van der Waals surface area contributed by atoms with E-state index in [9.17, 15) is 25.1 Å². The number of carbonyl (C=O) groups is 1. The Labute approximate surface area is 158 Å². The molecule has 0 unspecified atom stereocenters. The minimum Gasteiger partial charge on any atom is -0.508 e. The molecule has 3 aliphatic carbocycles. The second kappa shape index (κ2) is 7.37. The number of ketones is 1. The molecule has 4 rings (SSSR count). The Kier molecular flexibility index (Phi) is 5.31. The third kappa shape index (κ3) is 3.73. The zero-order valence-electron chi connectivity index (χ0n) is 15.8. The van der Waals surface area contributed by atoms with E-state index >= 15 is 0 Å². The highest BCUT2D eigenvalue weighted by Crippen LogP contribution is 2.63. The molecular formula is C20H27NO6. The van der Waals surface area contributed by atoms with Gasteiger partial charge in [-0.1, -0.05) is 20.3 Å². The SMILES string of the molecule is CC1(C)[C@@H]2C[C@H]1[C@@H](c1c(O)cc(O)cc1CCCCCO[N+](=O)[O-])CC2=O. The maximum Gasteiger partial charge on any atom is 0.294 e. The van der Waals surface area contributed by atoms with Gasteiger partial charge in [0.2, 0.25) is 0 Å². The molecule has 27 heavy (non-hydrogen) atoms. The highest BCUT2D eigenvalue weighted by molar-refractivity contribution is 5.86. The number of rotatable bonds is 8. The molecule has 3 aliphatic rings. The standard InChI is InChI=1S/C20H27NO6/c1-20(2)15-11-16(20)17(23)10-14(15)19-12(8-13(22)9-18(19)24)6-4-3-5-7-27-21(25)26/h8-9,14-16,22,24H,3-7,10-11H2,1-2H3/t14-,15-,16+/m0/s1. The smallest absolute Gasteiger partial charge is 0.294 e. The topological polar surface area (TPSA) is 110 Å². The van der Waals surface area contributed by atoms with E-state index in [1.165, 1.54) is 6.07 Å². The Morgan fingerprint density at radius 1 is 1.26 bits per heavy atom. The van der Waals surface area contributed by atoms with Gasteiger partial charge in [0.15, 0.2) is 0 Å². The number of fused-ring (bicyclic) bond motifs is 2. The fourth-order valence-electron chi connectivity index (χ4n) is 5.04. The van der Waals surface area contributed by atoms with Crippen molar-refractivity contribution in [2.24, 2.45) is 17.3 Å². The molecule has 0 spiro atoms. The Bertz CT molecular complexity index is 744. The van der Waals surface area contributed by atoms with Crippen LogP contribution in [0.5, 0.6) is 11.5 Å². The summed E-state index contributed by atoms with van der Waals surface area (Å²) in [7, 11) is 0. The molecule has 0 saturated heterocycles. The van der Waals surface area contributed by atoms with E-state index in [0.29, 0.717) is 25.2 Å². The first kappa shape index (κ1) is 19.5. The van der Waals surface area contributed by atoms with Gasteiger partial charge in [-0.15, -0.1) is 10.1 Å². The molecular weight excluding hydrogens is 350 g/mol. The van der Waals surface area contributed by atoms with Crippen LogP contribution in [0, 0.1) is 27.4 Å². The normalized spacial score (nSPS) is 25.7. The summed E-state index contributed by atoms with van der Waals surface area (Å²) in [4.78, 5) is 27.0. The van der Waals surface area contributed by atoms with Gasteiger partial charge in [0.25, 0.3) is 5.09 Å². The quantitative estimate of drug-likeness (QED) is 0.406. The Morgan fingerprint density at radius 2 is 2.00 bits per heavy atom. The van der Waals surface area contributed by atoms with E-state index in [1.807, 2.05) is 0 Å². The molecule has 3 saturated carbocycles. The Balaban J connectivity index is 1.73. The predicted molar refractivity (Wildman–Crippen MR) is 98.0 cm³/mol. The zero-order chi connectivity index (χ0) is 19.8. The van der Waals surface area contributed by atoms with Crippen LogP contribution in [-0.4, -0.2) is 27.7 Å². The number of hydrogen-bond donors (Lipinski definition) is 2. The van der Waals surface area contributed by atoms with Crippen LogP contribution >= 0.6 is 0 Å². The van der Waals surface area contributed by atoms with E-state index in [0.717, 1.165) is 30.4 Å². The van der Waals surface area contributed by atoms with E-state index in [4.69, 9.17) is 0 Å². The average molecular weight is 377 g/mol. The molecule has 0 heterocycles. The van der Waals surface area contributed by atoms with Crippen LogP contribution in [0.1, 0.15) is 63.0 Å². The van der Waals surface area contributed by atoms with E-state index < -0.39 is 5.09 Å². The number of hydrogen-bond acceptors (Lipinski definition) is 6. The van der Waals surface area contributed by atoms with Crippen molar-refractivity contribution < 1.29 is 24.9 Å². The monoisotopic (exact) mass is 377 g/mol. The molecule has 2 N–H and O–H groups in total. The van der Waals surface area contributed by atoms with Crippen molar-refractivity contribution in [3.8, 4) is 11.5 Å². The number of phenolic OH excluding ortho intramolecular Hbond substituents is 2. The number of Topliss-reactive ketones (excluding diaryl/α,β-unsaturated/α-hetero) is 1. The molecule has 7 heteroatoms. The summed E-state index contributed by atoms with van der Waals surface area (Å²) in [5.74, 6) is 0.788. The Morgan fingerprint density at radius 3 is 2.63 bits per heavy atom. The van der Waals surface area contributed by atoms with Gasteiger partial charge in [0.05, 0.1) is 6.61 Å². The van der Waals surface area contributed by atoms with Crippen LogP contribution < -0.4 is 0 Å². The van der Waals surface area contributed by atoms with Gasteiger partial charge < -0.3 is 15.1 Å². The van der Waals surface area contributed by atoms with Crippen LogP contribution in [0.25, 0.3) is 0 Å². The highest BCUT2D eigenvalue weighted by atomic mass is 16.9. The van der Waals surface area contributed by atoms with Gasteiger partial charge in [-0.05, 0) is 54.6 Å². The van der Waals surface area contributed by atoms with Crippen LogP contribution in [-0.2, 0) is 16.1 Å². The molecule has 2 bridgehead atoms. The molecule has 1 aromatic carbocycles. The number of aromatic hydroxyl groups is 2. The number of nitrogens with zero attached hydrogens (tertiary/aromatic N) is 1. The van der Waals surface area contributed by atoms with Crippen LogP contribution in [0.2, 0.25) is 0 Å². The molecule has 1 aromatic rings. The lowest BCUT2D eigenvalue weighted by atomic mass is 9.44. The molecule has 0 radical (unpaired) electrons. The number of unbranched alkanes of at least 4 members (excludes halogenated alkanes) is 2. The number of carbonyl (C=O) groups excluding carboxylic acids is 1. The summed E-state index contributed by atoms with van der Waals surface area (Å²) in [6.07, 6.45) is 4.02. The highest BCUT2D eigenvalue weighted by Gasteiger charge is 2.59. The van der Waals surface area contributed by atoms with Gasteiger partial charge >= 0.3 is 0 Å². The van der Waals surface area contributed by atoms with Gasteiger partial charge in [0.1, 0.15) is 17.3 Å². The van der Waals surface area contributed by atoms with Crippen molar-refractivity contribution in [3.05, 3.63) is 33.4 Å². The summed E-state index contributed by atoms with van der Waals surface area (Å²) in [5.41, 5.74) is 1.60. The lowest BCUT2D eigenvalue weighted by Crippen LogP contribution is -2.56. The number of benzene rings is 1. The molecule has 0 aliphatic heterocycles. The fraction of sp³-hybridized carbons (Fsp3) is 0.650. The molecule has 7 nitrogen and oxygen atoms in total. The minimum atomic E-state index is -0.793. The summed E-state index contributed by atoms with van der Waals surface area (Å²) in [6.45, 7) is 4.32. The second-order valence-electron chi connectivity index (χ2n) is 8.40. The molecule has 0 aromatic heterocycles. The lowest BCUT2D eigenvalue weighted by Gasteiger charge is -2.59. The third-order valence-corrected chi connectivity index (χ3v) is 6.53. The third-order valence-electron chi connectivity index (χ3n) is 6.53. The van der Waals surface area contributed by atoms with E-state index in [1.54, 1.807) is 6.07 Å². The van der Waals surface area contributed by atoms with Gasteiger partial charge in [-0.2, -0.15) is 0 Å². The van der Waals surface area contributed by atoms with Gasteiger partial charge in [-0.3, -0.25) is 4.79 Å². The van der Waals surface area contributed by atoms with Crippen LogP contribution in [0.15, 0.2) is 12.1 Å². The van der Waals surface area contributed by atoms with Crippen LogP contribution in [0.3, 0.4) is 0 Å². The first-order valence-electron chi connectivity index (χ1n) is 9.56. The van der Waals surface area contributed by atoms with Crippen molar-refractivity contribution in [1.29, 1.82) is 0 Å². The largest absolute Gasteiger partial charge is 0.508 e. The maximum atomic E-state index is 12.5. The maximum absolute atomic E-state index is 12.5. The predicted octanol–water partition coefficient (Wildman–Crippen LogP) is 3.74. The second-order valence-corrected chi connectivity index (χ2v) is 8.40. The Hall–Kier alpha value is -2.31. The fourth-order valence-corrected chi connectivity index (χ4v) is 5.04. The first-order valence-corrected chi connectivity index (χ1v) is 9.56. The van der Waals surface area contributed by atoms with Crippen molar-refractivity contribution in [1.82, 2.24) is 0 Å². The number of phenols is 2.